The number of rotatable bonds is 8. The van der Waals surface area contributed by atoms with E-state index in [1.165, 1.54) is 0 Å². The topological polar surface area (TPSA) is 79.6 Å². The Morgan fingerprint density at radius 1 is 1.30 bits per heavy atom. The summed E-state index contributed by atoms with van der Waals surface area (Å²) in [5.74, 6) is 0. The molecule has 2 amide bonds. The van der Waals surface area contributed by atoms with Crippen molar-refractivity contribution in [2.24, 2.45) is 5.73 Å². The minimum Gasteiger partial charge on any atom is -0.383 e. The van der Waals surface area contributed by atoms with Gasteiger partial charge in [-0.15, -0.1) is 0 Å². The molecule has 1 aromatic rings. The highest BCUT2D eigenvalue weighted by atomic mass is 16.5. The highest BCUT2D eigenvalue weighted by molar-refractivity contribution is 5.89. The van der Waals surface area contributed by atoms with E-state index in [9.17, 15) is 4.79 Å². The Balaban J connectivity index is 2.22. The van der Waals surface area contributed by atoms with Gasteiger partial charge < -0.3 is 26.0 Å². The molecule has 0 saturated carbocycles. The van der Waals surface area contributed by atoms with Crippen molar-refractivity contribution in [1.82, 2.24) is 10.2 Å². The highest BCUT2D eigenvalue weighted by Gasteiger charge is 2.02. The Labute approximate surface area is 120 Å². The molecule has 1 rings (SSSR count). The molecule has 0 unspecified atom stereocenters. The molecule has 0 atom stereocenters. The summed E-state index contributed by atoms with van der Waals surface area (Å²) in [4.78, 5) is 13.8. The fraction of sp³-hybridized carbons (Fsp3) is 0.500. The minimum atomic E-state index is -0.203. The molecular weight excluding hydrogens is 256 g/mol. The predicted molar refractivity (Wildman–Crippen MR) is 80.7 cm³/mol. The summed E-state index contributed by atoms with van der Waals surface area (Å²) in [5, 5.41) is 5.59. The third-order valence-electron chi connectivity index (χ3n) is 2.90. The molecular formula is C14H24N4O2. The van der Waals surface area contributed by atoms with Crippen LogP contribution in [-0.2, 0) is 11.3 Å². The molecule has 6 heteroatoms. The van der Waals surface area contributed by atoms with Gasteiger partial charge in [-0.25, -0.2) is 4.79 Å². The lowest BCUT2D eigenvalue weighted by Crippen LogP contribution is -2.36. The number of carbonyl (C=O) groups is 1. The molecule has 0 aliphatic rings. The van der Waals surface area contributed by atoms with Gasteiger partial charge in [-0.05, 0) is 24.7 Å². The average Bonchev–Trinajstić information content (AvgIpc) is 2.46. The van der Waals surface area contributed by atoms with Crippen molar-refractivity contribution >= 4 is 11.7 Å². The summed E-state index contributed by atoms with van der Waals surface area (Å²) in [6.45, 7) is 3.41. The summed E-state index contributed by atoms with van der Waals surface area (Å²) in [6, 6.07) is 7.27. The van der Waals surface area contributed by atoms with Gasteiger partial charge in [0.1, 0.15) is 0 Å². The van der Waals surface area contributed by atoms with Crippen molar-refractivity contribution < 1.29 is 9.53 Å². The second-order valence-corrected chi connectivity index (χ2v) is 4.58. The smallest absolute Gasteiger partial charge is 0.319 e. The first-order valence-corrected chi connectivity index (χ1v) is 6.67. The first kappa shape index (κ1) is 16.4. The Morgan fingerprint density at radius 2 is 2.00 bits per heavy atom. The molecule has 0 heterocycles. The van der Waals surface area contributed by atoms with Crippen molar-refractivity contribution in [2.75, 3.05) is 45.7 Å². The number of nitrogens with one attached hydrogen (secondary N) is 2. The number of hydrogen-bond acceptors (Lipinski definition) is 4. The van der Waals surface area contributed by atoms with Crippen molar-refractivity contribution in [2.45, 2.75) is 6.54 Å². The van der Waals surface area contributed by atoms with Gasteiger partial charge in [0.25, 0.3) is 0 Å². The van der Waals surface area contributed by atoms with Crippen LogP contribution in [0, 0.1) is 0 Å². The van der Waals surface area contributed by atoms with Gasteiger partial charge in [-0.2, -0.15) is 0 Å². The molecule has 112 valence electrons. The monoisotopic (exact) mass is 280 g/mol. The number of amides is 2. The Morgan fingerprint density at radius 3 is 2.60 bits per heavy atom. The zero-order chi connectivity index (χ0) is 14.8. The molecule has 0 fully saturated rings. The van der Waals surface area contributed by atoms with Gasteiger partial charge in [0.05, 0.1) is 6.61 Å². The lowest BCUT2D eigenvalue weighted by atomic mass is 10.2. The van der Waals surface area contributed by atoms with Gasteiger partial charge in [0, 0.05) is 39.0 Å². The maximum atomic E-state index is 11.7. The van der Waals surface area contributed by atoms with Gasteiger partial charge in [-0.1, -0.05) is 12.1 Å². The number of benzene rings is 1. The number of carbonyl (C=O) groups excluding carboxylic acids is 1. The molecule has 0 saturated heterocycles. The van der Waals surface area contributed by atoms with Crippen molar-refractivity contribution in [3.8, 4) is 0 Å². The first-order valence-electron chi connectivity index (χ1n) is 6.67. The molecule has 20 heavy (non-hydrogen) atoms. The van der Waals surface area contributed by atoms with Crippen LogP contribution in [0.1, 0.15) is 5.56 Å². The quantitative estimate of drug-likeness (QED) is 0.659. The van der Waals surface area contributed by atoms with E-state index >= 15 is 0 Å². The van der Waals surface area contributed by atoms with E-state index in [4.69, 9.17) is 10.5 Å². The number of methoxy groups -OCH3 is 1. The lowest BCUT2D eigenvalue weighted by molar-refractivity contribution is 0.161. The number of nitrogens with two attached hydrogens (primary N) is 1. The van der Waals surface area contributed by atoms with Crippen LogP contribution in [0.15, 0.2) is 24.3 Å². The number of hydrogen-bond donors (Lipinski definition) is 3. The van der Waals surface area contributed by atoms with Gasteiger partial charge in [0.2, 0.25) is 0 Å². The lowest BCUT2D eigenvalue weighted by Gasteiger charge is -2.16. The zero-order valence-corrected chi connectivity index (χ0v) is 12.2. The second-order valence-electron chi connectivity index (χ2n) is 4.58. The number of likely N-dealkylation sites (N-methyl/N-ethyl adjacent to an activating group) is 1. The Bertz CT molecular complexity index is 395. The van der Waals surface area contributed by atoms with E-state index in [1.807, 2.05) is 31.3 Å². The number of ether oxygens (including phenoxy) is 1. The second kappa shape index (κ2) is 9.30. The molecule has 4 N–H and O–H groups in total. The Kier molecular flexibility index (Phi) is 7.64. The fourth-order valence-electron chi connectivity index (χ4n) is 1.62. The molecule has 0 aromatic heterocycles. The summed E-state index contributed by atoms with van der Waals surface area (Å²) in [6.07, 6.45) is 0. The minimum absolute atomic E-state index is 0.203. The summed E-state index contributed by atoms with van der Waals surface area (Å²) in [5.41, 5.74) is 7.31. The zero-order valence-electron chi connectivity index (χ0n) is 12.2. The maximum Gasteiger partial charge on any atom is 0.319 e. The van der Waals surface area contributed by atoms with E-state index in [2.05, 4.69) is 15.5 Å². The van der Waals surface area contributed by atoms with Crippen LogP contribution < -0.4 is 16.4 Å². The highest BCUT2D eigenvalue weighted by Crippen LogP contribution is 2.08. The van der Waals surface area contributed by atoms with Crippen LogP contribution in [0.25, 0.3) is 0 Å². The number of urea groups is 1. The van der Waals surface area contributed by atoms with Crippen molar-refractivity contribution in [3.63, 3.8) is 0 Å². The standard InChI is InChI=1S/C14H24N4O2/c1-18(9-10-20-2)8-7-16-14(19)17-13-5-3-12(11-15)4-6-13/h3-6H,7-11,15H2,1-2H3,(H2,16,17,19). The molecule has 0 bridgehead atoms. The van der Waals surface area contributed by atoms with Crippen LogP contribution in [0.4, 0.5) is 10.5 Å². The van der Waals surface area contributed by atoms with Gasteiger partial charge >= 0.3 is 6.03 Å². The third kappa shape index (κ3) is 6.51. The summed E-state index contributed by atoms with van der Waals surface area (Å²) < 4.78 is 4.99. The van der Waals surface area contributed by atoms with Gasteiger partial charge in [0.15, 0.2) is 0 Å². The normalized spacial score (nSPS) is 10.6. The summed E-state index contributed by atoms with van der Waals surface area (Å²) >= 11 is 0. The van der Waals surface area contributed by atoms with Gasteiger partial charge in [-0.3, -0.25) is 0 Å². The van der Waals surface area contributed by atoms with E-state index in [1.54, 1.807) is 7.11 Å². The van der Waals surface area contributed by atoms with E-state index < -0.39 is 0 Å². The van der Waals surface area contributed by atoms with Crippen LogP contribution in [0.3, 0.4) is 0 Å². The molecule has 0 aliphatic carbocycles. The molecule has 0 aliphatic heterocycles. The number of nitrogens with zero attached hydrogens (tertiary/aromatic N) is 1. The average molecular weight is 280 g/mol. The SMILES string of the molecule is COCCN(C)CCNC(=O)Nc1ccc(CN)cc1. The molecule has 0 radical (unpaired) electrons. The van der Waals surface area contributed by atoms with Crippen molar-refractivity contribution in [3.05, 3.63) is 29.8 Å². The van der Waals surface area contributed by atoms with E-state index in [-0.39, 0.29) is 6.03 Å². The maximum absolute atomic E-state index is 11.7. The van der Waals surface area contributed by atoms with Crippen LogP contribution in [0.5, 0.6) is 0 Å². The Hall–Kier alpha value is -1.63. The van der Waals surface area contributed by atoms with E-state index in [0.717, 1.165) is 24.3 Å². The number of anilines is 1. The largest absolute Gasteiger partial charge is 0.383 e. The molecule has 6 nitrogen and oxygen atoms in total. The van der Waals surface area contributed by atoms with Crippen molar-refractivity contribution in [1.29, 1.82) is 0 Å². The molecule has 0 spiro atoms. The van der Waals surface area contributed by atoms with Crippen LogP contribution in [-0.4, -0.2) is 51.3 Å². The van der Waals surface area contributed by atoms with Crippen LogP contribution >= 0.6 is 0 Å². The third-order valence-corrected chi connectivity index (χ3v) is 2.90. The fourth-order valence-corrected chi connectivity index (χ4v) is 1.62. The predicted octanol–water partition coefficient (Wildman–Crippen LogP) is 0.845. The molecule has 1 aromatic carbocycles. The van der Waals surface area contributed by atoms with E-state index in [0.29, 0.717) is 19.7 Å². The summed E-state index contributed by atoms with van der Waals surface area (Å²) in [7, 11) is 3.67. The van der Waals surface area contributed by atoms with Crippen LogP contribution in [0.2, 0.25) is 0 Å². The first-order chi connectivity index (χ1) is 9.65.